The molecule has 0 saturated carbocycles. The average Bonchev–Trinajstić information content (AvgIpc) is 2.64. The predicted molar refractivity (Wildman–Crippen MR) is 104 cm³/mol. The van der Waals surface area contributed by atoms with Gasteiger partial charge in [-0.3, -0.25) is 4.90 Å². The van der Waals surface area contributed by atoms with Gasteiger partial charge in [-0.15, -0.1) is 0 Å². The number of urea groups is 1. The summed E-state index contributed by atoms with van der Waals surface area (Å²) < 4.78 is 5.26. The van der Waals surface area contributed by atoms with Gasteiger partial charge >= 0.3 is 6.03 Å². The molecule has 1 N–H and O–H groups in total. The molecule has 0 spiro atoms. The van der Waals surface area contributed by atoms with Crippen LogP contribution in [0.15, 0.2) is 24.3 Å². The van der Waals surface area contributed by atoms with E-state index in [1.54, 1.807) is 7.11 Å². The summed E-state index contributed by atoms with van der Waals surface area (Å²) in [6.07, 6.45) is 5.93. The zero-order chi connectivity index (χ0) is 18.5. The predicted octanol–water partition coefficient (Wildman–Crippen LogP) is 3.63. The van der Waals surface area contributed by atoms with Crippen molar-refractivity contribution in [1.29, 1.82) is 0 Å². The second-order valence-electron chi connectivity index (χ2n) is 7.55. The quantitative estimate of drug-likeness (QED) is 0.843. The minimum atomic E-state index is 0.0988. The minimum Gasteiger partial charge on any atom is -0.497 e. The molecular weight excluding hydrogens is 326 g/mol. The molecule has 144 valence electrons. The van der Waals surface area contributed by atoms with E-state index in [-0.39, 0.29) is 6.03 Å². The summed E-state index contributed by atoms with van der Waals surface area (Å²) in [7, 11) is 1.71. The summed E-state index contributed by atoms with van der Waals surface area (Å²) in [4.78, 5) is 17.0. The van der Waals surface area contributed by atoms with Crippen LogP contribution in [0.2, 0.25) is 0 Å². The smallest absolute Gasteiger partial charge is 0.317 e. The van der Waals surface area contributed by atoms with Crippen molar-refractivity contribution in [2.75, 3.05) is 20.2 Å². The molecule has 3 rings (SSSR count). The maximum Gasteiger partial charge on any atom is 0.317 e. The number of hydrogen-bond acceptors (Lipinski definition) is 3. The van der Waals surface area contributed by atoms with Gasteiger partial charge in [0, 0.05) is 37.8 Å². The number of rotatable bonds is 6. The summed E-state index contributed by atoms with van der Waals surface area (Å²) in [5, 5.41) is 3.29. The van der Waals surface area contributed by atoms with E-state index in [2.05, 4.69) is 22.3 Å². The molecule has 2 unspecified atom stereocenters. The molecule has 2 aliphatic heterocycles. The molecule has 2 amide bonds. The van der Waals surface area contributed by atoms with Crippen LogP contribution in [0.3, 0.4) is 0 Å². The van der Waals surface area contributed by atoms with Gasteiger partial charge in [-0.05, 0) is 57.2 Å². The zero-order valence-electron chi connectivity index (χ0n) is 16.4. The van der Waals surface area contributed by atoms with Crippen molar-refractivity contribution in [3.8, 4) is 5.75 Å². The van der Waals surface area contributed by atoms with E-state index < -0.39 is 0 Å². The van der Waals surface area contributed by atoms with Crippen LogP contribution < -0.4 is 10.1 Å². The topological polar surface area (TPSA) is 44.8 Å². The number of amides is 2. The molecule has 2 bridgehead atoms. The Kier molecular flexibility index (Phi) is 6.41. The molecular formula is C21H33N3O2. The van der Waals surface area contributed by atoms with Crippen LogP contribution in [0.1, 0.15) is 51.5 Å². The van der Waals surface area contributed by atoms with Crippen molar-refractivity contribution < 1.29 is 9.53 Å². The maximum atomic E-state index is 12.4. The third kappa shape index (κ3) is 4.32. The van der Waals surface area contributed by atoms with Crippen molar-refractivity contribution in [2.45, 2.75) is 70.6 Å². The van der Waals surface area contributed by atoms with Crippen molar-refractivity contribution in [2.24, 2.45) is 0 Å². The molecule has 2 heterocycles. The number of carbonyl (C=O) groups is 1. The largest absolute Gasteiger partial charge is 0.497 e. The number of fused-ring (bicyclic) bond motifs is 2. The van der Waals surface area contributed by atoms with Gasteiger partial charge in [0.25, 0.3) is 0 Å². The fourth-order valence-corrected chi connectivity index (χ4v) is 4.57. The number of hydrogen-bond donors (Lipinski definition) is 1. The Bertz CT molecular complexity index is 571. The van der Waals surface area contributed by atoms with Crippen LogP contribution in [0.25, 0.3) is 0 Å². The molecule has 1 aromatic carbocycles. The van der Waals surface area contributed by atoms with Crippen molar-refractivity contribution >= 4 is 6.03 Å². The summed E-state index contributed by atoms with van der Waals surface area (Å²) in [5.74, 6) is 0.909. The van der Waals surface area contributed by atoms with Gasteiger partial charge in [-0.25, -0.2) is 4.79 Å². The van der Waals surface area contributed by atoms with E-state index in [0.29, 0.717) is 18.1 Å². The molecule has 0 radical (unpaired) electrons. The highest BCUT2D eigenvalue weighted by Gasteiger charge is 2.38. The molecule has 2 fully saturated rings. The number of benzene rings is 1. The number of nitrogens with zero attached hydrogens (tertiary/aromatic N) is 2. The third-order valence-electron chi connectivity index (χ3n) is 6.03. The Morgan fingerprint density at radius 2 is 1.77 bits per heavy atom. The summed E-state index contributed by atoms with van der Waals surface area (Å²) >= 11 is 0. The van der Waals surface area contributed by atoms with E-state index in [4.69, 9.17) is 4.74 Å². The Balaban J connectivity index is 1.61. The molecule has 1 aromatic rings. The lowest BCUT2D eigenvalue weighted by Crippen LogP contribution is -2.57. The lowest BCUT2D eigenvalue weighted by Gasteiger charge is -2.49. The Labute approximate surface area is 157 Å². The second kappa shape index (κ2) is 8.76. The highest BCUT2D eigenvalue weighted by Crippen LogP contribution is 2.35. The van der Waals surface area contributed by atoms with Gasteiger partial charge < -0.3 is 15.0 Å². The summed E-state index contributed by atoms with van der Waals surface area (Å²) in [6.45, 7) is 6.61. The lowest BCUT2D eigenvalue weighted by molar-refractivity contribution is 0.0188. The van der Waals surface area contributed by atoms with Crippen LogP contribution in [-0.2, 0) is 6.54 Å². The van der Waals surface area contributed by atoms with E-state index in [1.807, 2.05) is 30.9 Å². The van der Waals surface area contributed by atoms with E-state index >= 15 is 0 Å². The Morgan fingerprint density at radius 3 is 2.31 bits per heavy atom. The fraction of sp³-hybridized carbons (Fsp3) is 0.667. The fourth-order valence-electron chi connectivity index (χ4n) is 4.57. The van der Waals surface area contributed by atoms with Crippen LogP contribution >= 0.6 is 0 Å². The third-order valence-corrected chi connectivity index (χ3v) is 6.03. The van der Waals surface area contributed by atoms with Gasteiger partial charge in [0.15, 0.2) is 0 Å². The van der Waals surface area contributed by atoms with Gasteiger partial charge in [0.2, 0.25) is 0 Å². The zero-order valence-corrected chi connectivity index (χ0v) is 16.4. The van der Waals surface area contributed by atoms with Crippen LogP contribution in [-0.4, -0.2) is 54.2 Å². The molecule has 26 heavy (non-hydrogen) atoms. The van der Waals surface area contributed by atoms with Crippen LogP contribution in [0.4, 0.5) is 4.79 Å². The monoisotopic (exact) mass is 359 g/mol. The molecule has 5 nitrogen and oxygen atoms in total. The molecule has 2 aliphatic rings. The lowest BCUT2D eigenvalue weighted by atomic mass is 9.81. The van der Waals surface area contributed by atoms with Gasteiger partial charge in [0.05, 0.1) is 7.11 Å². The minimum absolute atomic E-state index is 0.0988. The van der Waals surface area contributed by atoms with Gasteiger partial charge in [-0.1, -0.05) is 18.6 Å². The molecule has 0 aliphatic carbocycles. The van der Waals surface area contributed by atoms with Crippen molar-refractivity contribution in [3.63, 3.8) is 0 Å². The molecule has 0 aromatic heterocycles. The first-order valence-electron chi connectivity index (χ1n) is 10.1. The first kappa shape index (κ1) is 19.0. The second-order valence-corrected chi connectivity index (χ2v) is 7.55. The Morgan fingerprint density at radius 1 is 1.15 bits per heavy atom. The first-order chi connectivity index (χ1) is 12.6. The molecule has 5 heteroatoms. The van der Waals surface area contributed by atoms with Gasteiger partial charge in [0.1, 0.15) is 5.75 Å². The SMILES string of the molecule is CCN(CC)C(=O)NC1CC2CCCC(C1)N2Cc1ccc(OC)cc1. The number of methoxy groups -OCH3 is 1. The number of ether oxygens (including phenoxy) is 1. The van der Waals surface area contributed by atoms with Crippen LogP contribution in [0.5, 0.6) is 5.75 Å². The number of carbonyl (C=O) groups excluding carboxylic acids is 1. The highest BCUT2D eigenvalue weighted by atomic mass is 16.5. The number of nitrogens with one attached hydrogen (secondary N) is 1. The summed E-state index contributed by atoms with van der Waals surface area (Å²) in [5.41, 5.74) is 1.34. The number of piperidine rings is 2. The van der Waals surface area contributed by atoms with E-state index in [9.17, 15) is 4.79 Å². The van der Waals surface area contributed by atoms with E-state index in [1.165, 1.54) is 24.8 Å². The van der Waals surface area contributed by atoms with Gasteiger partial charge in [-0.2, -0.15) is 0 Å². The normalized spacial score (nSPS) is 25.6. The van der Waals surface area contributed by atoms with Crippen molar-refractivity contribution in [1.82, 2.24) is 15.1 Å². The standard InChI is InChI=1S/C21H33N3O2/c1-4-23(5-2)21(25)22-17-13-18-7-6-8-19(14-17)24(18)15-16-9-11-20(26-3)12-10-16/h9-12,17-19H,4-8,13-15H2,1-3H3,(H,22,25). The average molecular weight is 360 g/mol. The molecule has 2 saturated heterocycles. The maximum absolute atomic E-state index is 12.4. The molecule has 2 atom stereocenters. The Hall–Kier alpha value is -1.75. The van der Waals surface area contributed by atoms with E-state index in [0.717, 1.165) is 38.2 Å². The summed E-state index contributed by atoms with van der Waals surface area (Å²) in [6, 6.07) is 9.99. The highest BCUT2D eigenvalue weighted by molar-refractivity contribution is 5.74. The van der Waals surface area contributed by atoms with Crippen LogP contribution in [0, 0.1) is 0 Å². The first-order valence-corrected chi connectivity index (χ1v) is 10.1. The van der Waals surface area contributed by atoms with Crippen molar-refractivity contribution in [3.05, 3.63) is 29.8 Å².